The monoisotopic (exact) mass is 452 g/mol. The summed E-state index contributed by atoms with van der Waals surface area (Å²) >= 11 is 0. The van der Waals surface area contributed by atoms with E-state index in [1.54, 1.807) is 12.1 Å². The zero-order chi connectivity index (χ0) is 20.1. The lowest BCUT2D eigenvalue weighted by Crippen LogP contribution is -2.49. The van der Waals surface area contributed by atoms with Crippen molar-refractivity contribution in [2.75, 3.05) is 6.54 Å². The maximum absolute atomic E-state index is 12.5. The fraction of sp³-hybridized carbons (Fsp3) is 0.364. The third kappa shape index (κ3) is 6.36. The van der Waals surface area contributed by atoms with Crippen molar-refractivity contribution in [3.05, 3.63) is 65.6 Å². The van der Waals surface area contributed by atoms with Gasteiger partial charge in [0.2, 0.25) is 0 Å². The number of amides is 1. The summed E-state index contributed by atoms with van der Waals surface area (Å²) in [6.07, 6.45) is 5.60. The number of nitrogens with zero attached hydrogens (tertiary/aromatic N) is 2. The number of imidazole rings is 1. The van der Waals surface area contributed by atoms with Crippen LogP contribution in [-0.4, -0.2) is 27.4 Å². The lowest BCUT2D eigenvalue weighted by Gasteiger charge is -2.26. The van der Waals surface area contributed by atoms with Crippen LogP contribution in [0.5, 0.6) is 5.75 Å². The maximum atomic E-state index is 12.5. The van der Waals surface area contributed by atoms with Gasteiger partial charge in [-0.1, -0.05) is 26.0 Å². The van der Waals surface area contributed by atoms with Crippen LogP contribution < -0.4 is 15.8 Å². The number of nitrogens with two attached hydrogens (primary N) is 1. The van der Waals surface area contributed by atoms with Gasteiger partial charge in [-0.05, 0) is 49.6 Å². The van der Waals surface area contributed by atoms with Crippen molar-refractivity contribution in [1.82, 2.24) is 14.7 Å². The van der Waals surface area contributed by atoms with Crippen LogP contribution in [0.3, 0.4) is 0 Å². The number of nitrogens with one attached hydrogen (secondary N) is 1. The molecule has 3 rings (SSSR count). The number of rotatable bonds is 8. The SMILES string of the molecule is CCC(N)(CC)CNC(=O)c1cccc(OCc2cn3cc(C)ccc3n2)c1.Cl.Cl. The van der Waals surface area contributed by atoms with E-state index in [0.717, 1.165) is 24.2 Å². The number of carbonyl (C=O) groups is 1. The second-order valence-electron chi connectivity index (χ2n) is 7.27. The van der Waals surface area contributed by atoms with Gasteiger partial charge in [0.05, 0.1) is 5.69 Å². The van der Waals surface area contributed by atoms with E-state index in [2.05, 4.69) is 10.3 Å². The number of hydrogen-bond acceptors (Lipinski definition) is 4. The Kier molecular flexibility index (Phi) is 9.62. The molecule has 0 radical (unpaired) electrons. The van der Waals surface area contributed by atoms with Crippen LogP contribution in [0, 0.1) is 6.92 Å². The summed E-state index contributed by atoms with van der Waals surface area (Å²) < 4.78 is 7.83. The molecule has 1 amide bonds. The third-order valence-electron chi connectivity index (χ3n) is 5.14. The molecule has 2 aromatic heterocycles. The molecule has 0 fully saturated rings. The topological polar surface area (TPSA) is 81.6 Å². The van der Waals surface area contributed by atoms with Crippen molar-refractivity contribution in [1.29, 1.82) is 0 Å². The van der Waals surface area contributed by atoms with Crippen molar-refractivity contribution in [3.63, 3.8) is 0 Å². The minimum Gasteiger partial charge on any atom is -0.487 e. The maximum Gasteiger partial charge on any atom is 0.251 e. The Balaban J connectivity index is 0.00000225. The lowest BCUT2D eigenvalue weighted by atomic mass is 9.94. The largest absolute Gasteiger partial charge is 0.487 e. The summed E-state index contributed by atoms with van der Waals surface area (Å²) in [5.41, 5.74) is 9.33. The van der Waals surface area contributed by atoms with Gasteiger partial charge in [0.25, 0.3) is 5.91 Å². The zero-order valence-electron chi connectivity index (χ0n) is 17.6. The fourth-order valence-corrected chi connectivity index (χ4v) is 2.97. The quantitative estimate of drug-likeness (QED) is 0.533. The first-order chi connectivity index (χ1) is 13.4. The number of pyridine rings is 1. The van der Waals surface area contributed by atoms with Gasteiger partial charge in [0, 0.05) is 30.0 Å². The molecule has 2 heterocycles. The molecule has 8 heteroatoms. The van der Waals surface area contributed by atoms with Gasteiger partial charge in [-0.3, -0.25) is 4.79 Å². The van der Waals surface area contributed by atoms with Gasteiger partial charge < -0.3 is 20.2 Å². The number of fused-ring (bicyclic) bond motifs is 1. The van der Waals surface area contributed by atoms with E-state index in [9.17, 15) is 4.79 Å². The van der Waals surface area contributed by atoms with Gasteiger partial charge in [-0.25, -0.2) is 4.98 Å². The Labute approximate surface area is 190 Å². The van der Waals surface area contributed by atoms with Crippen LogP contribution >= 0.6 is 24.8 Å². The predicted molar refractivity (Wildman–Crippen MR) is 125 cm³/mol. The fourth-order valence-electron chi connectivity index (χ4n) is 2.97. The van der Waals surface area contributed by atoms with E-state index in [1.807, 2.05) is 61.8 Å². The molecule has 0 unspecified atom stereocenters. The second-order valence-corrected chi connectivity index (χ2v) is 7.27. The first-order valence-corrected chi connectivity index (χ1v) is 9.66. The highest BCUT2D eigenvalue weighted by Crippen LogP contribution is 2.16. The number of ether oxygens (including phenoxy) is 1. The van der Waals surface area contributed by atoms with Crippen molar-refractivity contribution in [3.8, 4) is 5.75 Å². The summed E-state index contributed by atoms with van der Waals surface area (Å²) in [7, 11) is 0. The van der Waals surface area contributed by atoms with Gasteiger partial charge >= 0.3 is 0 Å². The summed E-state index contributed by atoms with van der Waals surface area (Å²) in [5, 5.41) is 2.93. The molecular weight excluding hydrogens is 423 g/mol. The molecule has 0 aliphatic heterocycles. The average molecular weight is 453 g/mol. The van der Waals surface area contributed by atoms with Gasteiger partial charge in [0.15, 0.2) is 0 Å². The highest BCUT2D eigenvalue weighted by atomic mass is 35.5. The Hall–Kier alpha value is -2.28. The van der Waals surface area contributed by atoms with Crippen molar-refractivity contribution in [2.45, 2.75) is 45.8 Å². The zero-order valence-corrected chi connectivity index (χ0v) is 19.2. The third-order valence-corrected chi connectivity index (χ3v) is 5.14. The normalized spacial score (nSPS) is 10.8. The first kappa shape index (κ1) is 25.8. The predicted octanol–water partition coefficient (Wildman–Crippen LogP) is 4.31. The van der Waals surface area contributed by atoms with Crippen molar-refractivity contribution in [2.24, 2.45) is 5.73 Å². The van der Waals surface area contributed by atoms with E-state index in [0.29, 0.717) is 24.5 Å². The Bertz CT molecular complexity index is 971. The van der Waals surface area contributed by atoms with Gasteiger partial charge in [-0.15, -0.1) is 24.8 Å². The Morgan fingerprint density at radius 2 is 1.90 bits per heavy atom. The standard InChI is InChI=1S/C22H28N4O2.2ClH/c1-4-22(23,5-2)15-24-21(27)17-7-6-8-19(11-17)28-14-18-13-26-12-16(3)9-10-20(26)25-18;;/h6-13H,4-5,14-15,23H2,1-3H3,(H,24,27);2*1H. The molecule has 0 aliphatic rings. The summed E-state index contributed by atoms with van der Waals surface area (Å²) in [6.45, 7) is 6.89. The van der Waals surface area contributed by atoms with E-state index in [-0.39, 0.29) is 36.3 Å². The summed E-state index contributed by atoms with van der Waals surface area (Å²) in [4.78, 5) is 17.0. The molecule has 0 saturated carbocycles. The molecule has 3 N–H and O–H groups in total. The minimum absolute atomic E-state index is 0. The van der Waals surface area contributed by atoms with E-state index >= 15 is 0 Å². The molecule has 6 nitrogen and oxygen atoms in total. The number of aryl methyl sites for hydroxylation is 1. The van der Waals surface area contributed by atoms with Crippen LogP contribution in [0.2, 0.25) is 0 Å². The first-order valence-electron chi connectivity index (χ1n) is 9.66. The average Bonchev–Trinajstić information content (AvgIpc) is 3.12. The highest BCUT2D eigenvalue weighted by molar-refractivity contribution is 5.94. The molecule has 3 aromatic rings. The summed E-state index contributed by atoms with van der Waals surface area (Å²) in [6, 6.07) is 11.2. The number of hydrogen-bond donors (Lipinski definition) is 2. The van der Waals surface area contributed by atoms with E-state index in [1.165, 1.54) is 5.56 Å². The second kappa shape index (κ2) is 11.2. The van der Waals surface area contributed by atoms with Gasteiger partial charge in [-0.2, -0.15) is 0 Å². The minimum atomic E-state index is -0.370. The number of halogens is 2. The molecule has 1 aromatic carbocycles. The van der Waals surface area contributed by atoms with Crippen LogP contribution in [0.25, 0.3) is 5.65 Å². The molecule has 0 bridgehead atoms. The van der Waals surface area contributed by atoms with Crippen molar-refractivity contribution < 1.29 is 9.53 Å². The smallest absolute Gasteiger partial charge is 0.251 e. The lowest BCUT2D eigenvalue weighted by molar-refractivity contribution is 0.0941. The molecule has 0 atom stereocenters. The molecule has 0 aliphatic carbocycles. The van der Waals surface area contributed by atoms with Crippen LogP contribution in [0.15, 0.2) is 48.8 Å². The van der Waals surface area contributed by atoms with Crippen LogP contribution in [0.1, 0.15) is 48.3 Å². The number of aromatic nitrogens is 2. The molecular formula is C22H30Cl2N4O2. The van der Waals surface area contributed by atoms with E-state index in [4.69, 9.17) is 10.5 Å². The van der Waals surface area contributed by atoms with Gasteiger partial charge in [0.1, 0.15) is 18.0 Å². The van der Waals surface area contributed by atoms with E-state index < -0.39 is 0 Å². The molecule has 30 heavy (non-hydrogen) atoms. The molecule has 164 valence electrons. The van der Waals surface area contributed by atoms with Crippen LogP contribution in [0.4, 0.5) is 0 Å². The number of benzene rings is 1. The van der Waals surface area contributed by atoms with Crippen molar-refractivity contribution >= 4 is 36.4 Å². The summed E-state index contributed by atoms with van der Waals surface area (Å²) in [5.74, 6) is 0.483. The Morgan fingerprint density at radius 1 is 1.17 bits per heavy atom. The highest BCUT2D eigenvalue weighted by Gasteiger charge is 2.21. The van der Waals surface area contributed by atoms with Crippen LogP contribution in [-0.2, 0) is 6.61 Å². The molecule has 0 spiro atoms. The Morgan fingerprint density at radius 3 is 2.60 bits per heavy atom. The number of carbonyl (C=O) groups excluding carboxylic acids is 1. The molecule has 0 saturated heterocycles.